The number of hydrogen-bond donors (Lipinski definition) is 0. The van der Waals surface area contributed by atoms with Crippen LogP contribution >= 0.6 is 0 Å². The third-order valence-corrected chi connectivity index (χ3v) is 2.07. The minimum absolute atomic E-state index is 0.563. The topological polar surface area (TPSA) is 45.9 Å². The van der Waals surface area contributed by atoms with Gasteiger partial charge in [-0.15, -0.1) is 0 Å². The monoisotopic (exact) mass is 266 g/mol. The van der Waals surface area contributed by atoms with Crippen molar-refractivity contribution in [1.82, 2.24) is 4.98 Å². The normalized spacial score (nSPS) is 11.4. The van der Waals surface area contributed by atoms with Gasteiger partial charge in [0.25, 0.3) is 6.43 Å². The summed E-state index contributed by atoms with van der Waals surface area (Å²) in [5.41, 5.74) is -2.75. The maximum absolute atomic E-state index is 12.6. The van der Waals surface area contributed by atoms with Crippen LogP contribution in [0.3, 0.4) is 0 Å². The Bertz CT molecular complexity index is 478. The quantitative estimate of drug-likeness (QED) is 0.789. The highest BCUT2D eigenvalue weighted by atomic mass is 19.4. The Balaban J connectivity index is 3.47. The molecule has 0 aliphatic rings. The molecule has 1 heterocycles. The first kappa shape index (κ1) is 14.2. The summed E-state index contributed by atoms with van der Waals surface area (Å²) in [5.74, 6) is -0.792. The number of pyridine rings is 1. The summed E-state index contributed by atoms with van der Waals surface area (Å²) in [4.78, 5) is 3.07. The Kier molecular flexibility index (Phi) is 4.06. The summed E-state index contributed by atoms with van der Waals surface area (Å²) in [6.45, 7) is 0. The van der Waals surface area contributed by atoms with Crippen LogP contribution in [0.4, 0.5) is 22.0 Å². The summed E-state index contributed by atoms with van der Waals surface area (Å²) in [5, 5.41) is 8.40. The minimum Gasteiger partial charge on any atom is -0.494 e. The van der Waals surface area contributed by atoms with Gasteiger partial charge in [0.2, 0.25) is 0 Å². The Hall–Kier alpha value is -1.91. The van der Waals surface area contributed by atoms with Gasteiger partial charge in [0.1, 0.15) is 5.75 Å². The van der Waals surface area contributed by atoms with Crippen LogP contribution in [0.25, 0.3) is 0 Å². The second-order valence-electron chi connectivity index (χ2n) is 3.21. The van der Waals surface area contributed by atoms with Crippen molar-refractivity contribution in [2.24, 2.45) is 0 Å². The smallest absolute Gasteiger partial charge is 0.437 e. The van der Waals surface area contributed by atoms with Gasteiger partial charge in [0.15, 0.2) is 5.69 Å². The molecule has 8 heteroatoms. The number of hydrogen-bond acceptors (Lipinski definition) is 3. The van der Waals surface area contributed by atoms with Gasteiger partial charge >= 0.3 is 6.18 Å². The second-order valence-corrected chi connectivity index (χ2v) is 3.21. The van der Waals surface area contributed by atoms with Crippen LogP contribution in [0.2, 0.25) is 0 Å². The van der Waals surface area contributed by atoms with Gasteiger partial charge < -0.3 is 4.74 Å². The summed E-state index contributed by atoms with van der Waals surface area (Å²) in [6, 6.07) is 2.05. The average Bonchev–Trinajstić information content (AvgIpc) is 2.27. The van der Waals surface area contributed by atoms with Crippen molar-refractivity contribution in [2.75, 3.05) is 7.11 Å². The number of alkyl halides is 5. The van der Waals surface area contributed by atoms with E-state index < -0.39 is 41.7 Å². The molecule has 0 aromatic carbocycles. The molecule has 0 N–H and O–H groups in total. The molecule has 0 bridgehead atoms. The number of halogens is 5. The first-order valence-corrected chi connectivity index (χ1v) is 4.61. The third-order valence-electron chi connectivity index (χ3n) is 2.07. The molecule has 1 aromatic rings. The lowest BCUT2D eigenvalue weighted by Gasteiger charge is -2.14. The van der Waals surface area contributed by atoms with Crippen molar-refractivity contribution >= 4 is 0 Å². The number of methoxy groups -OCH3 is 1. The van der Waals surface area contributed by atoms with Crippen LogP contribution in [0, 0.1) is 11.3 Å². The Morgan fingerprint density at radius 3 is 2.44 bits per heavy atom. The highest BCUT2D eigenvalue weighted by molar-refractivity contribution is 5.38. The molecular formula is C10H7F5N2O. The van der Waals surface area contributed by atoms with E-state index in [1.807, 2.05) is 0 Å². The summed E-state index contributed by atoms with van der Waals surface area (Å²) >= 11 is 0. The van der Waals surface area contributed by atoms with Crippen LogP contribution < -0.4 is 4.74 Å². The molecule has 18 heavy (non-hydrogen) atoms. The Morgan fingerprint density at radius 1 is 1.44 bits per heavy atom. The maximum atomic E-state index is 12.6. The van der Waals surface area contributed by atoms with E-state index in [1.165, 1.54) is 6.07 Å². The van der Waals surface area contributed by atoms with Crippen LogP contribution in [0.1, 0.15) is 23.4 Å². The standard InChI is InChI=1S/C10H7F5N2O/c1-18-7-4-5(9(11)12)6(2-3-16)17-8(7)10(13,14)15/h4,9H,2H2,1H3. The lowest BCUT2D eigenvalue weighted by Crippen LogP contribution is -2.13. The van der Waals surface area contributed by atoms with E-state index in [0.29, 0.717) is 6.07 Å². The molecule has 0 atom stereocenters. The van der Waals surface area contributed by atoms with Crippen molar-refractivity contribution in [3.05, 3.63) is 23.0 Å². The maximum Gasteiger partial charge on any atom is 0.437 e. The molecular weight excluding hydrogens is 259 g/mol. The van der Waals surface area contributed by atoms with Crippen molar-refractivity contribution in [3.63, 3.8) is 0 Å². The second kappa shape index (κ2) is 5.16. The van der Waals surface area contributed by atoms with Crippen LogP contribution in [0.15, 0.2) is 6.07 Å². The molecule has 0 saturated heterocycles. The average molecular weight is 266 g/mol. The zero-order valence-electron chi connectivity index (χ0n) is 9.05. The van der Waals surface area contributed by atoms with Crippen molar-refractivity contribution in [3.8, 4) is 11.8 Å². The zero-order chi connectivity index (χ0) is 13.9. The molecule has 98 valence electrons. The highest BCUT2D eigenvalue weighted by Gasteiger charge is 2.38. The van der Waals surface area contributed by atoms with E-state index in [1.54, 1.807) is 0 Å². The van der Waals surface area contributed by atoms with Crippen molar-refractivity contribution in [2.45, 2.75) is 19.0 Å². The van der Waals surface area contributed by atoms with E-state index in [-0.39, 0.29) is 0 Å². The largest absolute Gasteiger partial charge is 0.494 e. The van der Waals surface area contributed by atoms with Gasteiger partial charge in [-0.25, -0.2) is 13.8 Å². The zero-order valence-corrected chi connectivity index (χ0v) is 9.05. The van der Waals surface area contributed by atoms with Crippen molar-refractivity contribution < 1.29 is 26.7 Å². The molecule has 1 rings (SSSR count). The lowest BCUT2D eigenvalue weighted by molar-refractivity contribution is -0.142. The van der Waals surface area contributed by atoms with Crippen LogP contribution in [0.5, 0.6) is 5.75 Å². The van der Waals surface area contributed by atoms with Gasteiger partial charge in [-0.05, 0) is 6.07 Å². The summed E-state index contributed by atoms with van der Waals surface area (Å²) < 4.78 is 67.3. The number of ether oxygens (including phenoxy) is 1. The molecule has 3 nitrogen and oxygen atoms in total. The molecule has 0 unspecified atom stereocenters. The van der Waals surface area contributed by atoms with E-state index in [2.05, 4.69) is 9.72 Å². The highest BCUT2D eigenvalue weighted by Crippen LogP contribution is 2.37. The lowest BCUT2D eigenvalue weighted by atomic mass is 10.1. The van der Waals surface area contributed by atoms with Crippen LogP contribution in [-0.4, -0.2) is 12.1 Å². The number of nitrogens with zero attached hydrogens (tertiary/aromatic N) is 2. The summed E-state index contributed by atoms with van der Waals surface area (Å²) in [7, 11) is 0.922. The van der Waals surface area contributed by atoms with Gasteiger partial charge in [0.05, 0.1) is 25.3 Å². The fraction of sp³-hybridized carbons (Fsp3) is 0.400. The van der Waals surface area contributed by atoms with Gasteiger partial charge in [-0.3, -0.25) is 0 Å². The SMILES string of the molecule is COc1cc(C(F)F)c(CC#N)nc1C(F)(F)F. The fourth-order valence-corrected chi connectivity index (χ4v) is 1.31. The number of aromatic nitrogens is 1. The Labute approximate surface area is 98.8 Å². The van der Waals surface area contributed by atoms with Gasteiger partial charge in [-0.2, -0.15) is 18.4 Å². The predicted molar refractivity (Wildman–Crippen MR) is 50.1 cm³/mol. The fourth-order valence-electron chi connectivity index (χ4n) is 1.31. The van der Waals surface area contributed by atoms with E-state index in [0.717, 1.165) is 7.11 Å². The molecule has 0 aliphatic heterocycles. The van der Waals surface area contributed by atoms with Crippen molar-refractivity contribution in [1.29, 1.82) is 5.26 Å². The Morgan fingerprint density at radius 2 is 2.06 bits per heavy atom. The number of rotatable bonds is 3. The molecule has 0 amide bonds. The number of nitriles is 1. The predicted octanol–water partition coefficient (Wildman–Crippen LogP) is 3.11. The molecule has 0 aliphatic carbocycles. The van der Waals surface area contributed by atoms with Gasteiger partial charge in [0, 0.05) is 5.56 Å². The molecule has 0 saturated carbocycles. The van der Waals surface area contributed by atoms with E-state index in [4.69, 9.17) is 5.26 Å². The summed E-state index contributed by atoms with van der Waals surface area (Å²) in [6.07, 6.45) is -8.50. The first-order valence-electron chi connectivity index (χ1n) is 4.61. The van der Waals surface area contributed by atoms with E-state index >= 15 is 0 Å². The molecule has 0 fully saturated rings. The van der Waals surface area contributed by atoms with Crippen LogP contribution in [-0.2, 0) is 12.6 Å². The molecule has 0 spiro atoms. The molecule has 0 radical (unpaired) electrons. The minimum atomic E-state index is -4.84. The third kappa shape index (κ3) is 2.85. The van der Waals surface area contributed by atoms with Gasteiger partial charge in [-0.1, -0.05) is 0 Å². The van der Waals surface area contributed by atoms with E-state index in [9.17, 15) is 22.0 Å². The molecule has 1 aromatic heterocycles. The first-order chi connectivity index (χ1) is 8.31.